The van der Waals surface area contributed by atoms with E-state index < -0.39 is 0 Å². The van der Waals surface area contributed by atoms with Crippen molar-refractivity contribution in [2.75, 3.05) is 47.1 Å². The summed E-state index contributed by atoms with van der Waals surface area (Å²) in [6.45, 7) is 3.37. The zero-order chi connectivity index (χ0) is 25.3. The summed E-state index contributed by atoms with van der Waals surface area (Å²) in [7, 11) is 3.05. The average Bonchev–Trinajstić information content (AvgIpc) is 2.93. The van der Waals surface area contributed by atoms with Crippen LogP contribution in [0.25, 0.3) is 0 Å². The first-order chi connectivity index (χ1) is 17.6. The average molecular weight is 495 g/mol. The van der Waals surface area contributed by atoms with Gasteiger partial charge in [-0.3, -0.25) is 9.69 Å². The summed E-state index contributed by atoms with van der Waals surface area (Å²) >= 11 is 0. The second kappa shape index (κ2) is 12.4. The lowest BCUT2D eigenvalue weighted by molar-refractivity contribution is 0.0162. The van der Waals surface area contributed by atoms with Gasteiger partial charge in [-0.05, 0) is 35.4 Å². The van der Waals surface area contributed by atoms with Crippen LogP contribution in [0.3, 0.4) is 0 Å². The van der Waals surface area contributed by atoms with Crippen molar-refractivity contribution in [1.82, 2.24) is 10.2 Å². The van der Waals surface area contributed by atoms with E-state index in [9.17, 15) is 9.18 Å². The molecule has 3 aromatic carbocycles. The van der Waals surface area contributed by atoms with Crippen LogP contribution < -0.4 is 19.5 Å². The third kappa shape index (κ3) is 6.33. The van der Waals surface area contributed by atoms with Crippen LogP contribution in [0.4, 0.5) is 4.39 Å². The highest BCUT2D eigenvalue weighted by Crippen LogP contribution is 2.39. The lowest BCUT2D eigenvalue weighted by Crippen LogP contribution is -2.43. The van der Waals surface area contributed by atoms with Gasteiger partial charge in [0.25, 0.3) is 5.91 Å². The molecule has 4 rings (SSSR count). The number of ether oxygens (including phenoxy) is 4. The maximum absolute atomic E-state index is 13.5. The summed E-state index contributed by atoms with van der Waals surface area (Å²) < 4.78 is 36.0. The van der Waals surface area contributed by atoms with Gasteiger partial charge in [-0.15, -0.1) is 0 Å². The largest absolute Gasteiger partial charge is 0.493 e. The molecule has 1 amide bonds. The third-order valence-electron chi connectivity index (χ3n) is 6.15. The Kier molecular flexibility index (Phi) is 8.76. The predicted molar refractivity (Wildman–Crippen MR) is 134 cm³/mol. The standard InChI is InChI=1S/C28H31FN2O5/c1-33-25-16-22(17-26(34-2)27(25)36-19-20-6-4-3-5-7-20)28(32)30-18-24(31-12-14-35-15-13-31)21-8-10-23(29)11-9-21/h3-11,16-17,24H,12-15,18-19H2,1-2H3,(H,30,32). The Balaban J connectivity index is 1.50. The molecule has 0 aromatic heterocycles. The minimum Gasteiger partial charge on any atom is -0.493 e. The molecule has 1 saturated heterocycles. The third-order valence-corrected chi connectivity index (χ3v) is 6.15. The van der Waals surface area contributed by atoms with Gasteiger partial charge in [0.05, 0.1) is 33.5 Å². The number of benzene rings is 3. The quantitative estimate of drug-likeness (QED) is 0.455. The smallest absolute Gasteiger partial charge is 0.251 e. The fourth-order valence-corrected chi connectivity index (χ4v) is 4.21. The van der Waals surface area contributed by atoms with E-state index in [4.69, 9.17) is 18.9 Å². The van der Waals surface area contributed by atoms with E-state index in [-0.39, 0.29) is 17.8 Å². The zero-order valence-electron chi connectivity index (χ0n) is 20.5. The van der Waals surface area contributed by atoms with E-state index in [1.165, 1.54) is 26.4 Å². The second-order valence-electron chi connectivity index (χ2n) is 8.41. The summed E-state index contributed by atoms with van der Waals surface area (Å²) in [5.74, 6) is 0.661. The number of hydrogen-bond acceptors (Lipinski definition) is 6. The lowest BCUT2D eigenvalue weighted by Gasteiger charge is -2.35. The van der Waals surface area contributed by atoms with Gasteiger partial charge in [-0.1, -0.05) is 42.5 Å². The zero-order valence-corrected chi connectivity index (χ0v) is 20.5. The highest BCUT2D eigenvalue weighted by molar-refractivity contribution is 5.95. The van der Waals surface area contributed by atoms with Gasteiger partial charge in [0.2, 0.25) is 5.75 Å². The van der Waals surface area contributed by atoms with Gasteiger partial charge < -0.3 is 24.3 Å². The second-order valence-corrected chi connectivity index (χ2v) is 8.41. The van der Waals surface area contributed by atoms with Gasteiger partial charge >= 0.3 is 0 Å². The van der Waals surface area contributed by atoms with Crippen molar-refractivity contribution in [3.05, 3.63) is 89.2 Å². The van der Waals surface area contributed by atoms with Crippen LogP contribution >= 0.6 is 0 Å². The minimum atomic E-state index is -0.294. The number of carbonyl (C=O) groups excluding carboxylic acids is 1. The van der Waals surface area contributed by atoms with Crippen molar-refractivity contribution < 1.29 is 28.1 Å². The number of nitrogens with zero attached hydrogens (tertiary/aromatic N) is 1. The van der Waals surface area contributed by atoms with Crippen molar-refractivity contribution in [1.29, 1.82) is 0 Å². The fourth-order valence-electron chi connectivity index (χ4n) is 4.21. The van der Waals surface area contributed by atoms with Gasteiger partial charge in [0, 0.05) is 25.2 Å². The Labute approximate surface area is 210 Å². The Morgan fingerprint density at radius 2 is 1.64 bits per heavy atom. The first-order valence-electron chi connectivity index (χ1n) is 11.9. The number of methoxy groups -OCH3 is 2. The van der Waals surface area contributed by atoms with Gasteiger partial charge in [0.1, 0.15) is 12.4 Å². The van der Waals surface area contributed by atoms with Crippen LogP contribution in [0.1, 0.15) is 27.5 Å². The van der Waals surface area contributed by atoms with Crippen molar-refractivity contribution in [2.24, 2.45) is 0 Å². The van der Waals surface area contributed by atoms with Crippen LogP contribution in [-0.2, 0) is 11.3 Å². The van der Waals surface area contributed by atoms with E-state index in [1.807, 2.05) is 30.3 Å². The molecule has 1 unspecified atom stereocenters. The molecular formula is C28H31FN2O5. The molecule has 0 aliphatic carbocycles. The number of hydrogen-bond donors (Lipinski definition) is 1. The minimum absolute atomic E-state index is 0.115. The number of amides is 1. The summed E-state index contributed by atoms with van der Waals surface area (Å²) in [5, 5.41) is 3.02. The molecule has 1 heterocycles. The molecule has 1 N–H and O–H groups in total. The molecule has 8 heteroatoms. The van der Waals surface area contributed by atoms with Gasteiger partial charge in [-0.25, -0.2) is 4.39 Å². The monoisotopic (exact) mass is 494 g/mol. The molecule has 36 heavy (non-hydrogen) atoms. The normalized spacial score (nSPS) is 14.6. The van der Waals surface area contributed by atoms with Crippen molar-refractivity contribution in [2.45, 2.75) is 12.6 Å². The number of halogens is 1. The van der Waals surface area contributed by atoms with Crippen LogP contribution in [0.15, 0.2) is 66.7 Å². The molecule has 1 aliphatic rings. The van der Waals surface area contributed by atoms with E-state index in [0.717, 1.165) is 24.2 Å². The van der Waals surface area contributed by atoms with Crippen LogP contribution in [0, 0.1) is 5.82 Å². The van der Waals surface area contributed by atoms with E-state index in [1.54, 1.807) is 24.3 Å². The lowest BCUT2D eigenvalue weighted by atomic mass is 10.0. The Morgan fingerprint density at radius 3 is 2.25 bits per heavy atom. The maximum atomic E-state index is 13.5. The molecule has 0 bridgehead atoms. The van der Waals surface area contributed by atoms with E-state index >= 15 is 0 Å². The number of rotatable bonds is 10. The van der Waals surface area contributed by atoms with Crippen molar-refractivity contribution in [3.8, 4) is 17.2 Å². The fraction of sp³-hybridized carbons (Fsp3) is 0.321. The van der Waals surface area contributed by atoms with Crippen molar-refractivity contribution >= 4 is 5.91 Å². The highest BCUT2D eigenvalue weighted by Gasteiger charge is 2.24. The molecule has 0 spiro atoms. The van der Waals surface area contributed by atoms with Gasteiger partial charge in [0.15, 0.2) is 11.5 Å². The summed E-state index contributed by atoms with van der Waals surface area (Å²) in [6.07, 6.45) is 0. The maximum Gasteiger partial charge on any atom is 0.251 e. The topological polar surface area (TPSA) is 69.3 Å². The van der Waals surface area contributed by atoms with Crippen LogP contribution in [-0.4, -0.2) is 57.9 Å². The molecule has 7 nitrogen and oxygen atoms in total. The molecule has 1 atom stereocenters. The molecule has 0 saturated carbocycles. The molecule has 0 radical (unpaired) electrons. The van der Waals surface area contributed by atoms with E-state index in [0.29, 0.717) is 49.2 Å². The molecule has 190 valence electrons. The molecule has 1 aliphatic heterocycles. The number of nitrogens with one attached hydrogen (secondary N) is 1. The first kappa shape index (κ1) is 25.5. The van der Waals surface area contributed by atoms with Crippen LogP contribution in [0.5, 0.6) is 17.2 Å². The molecule has 1 fully saturated rings. The Hall–Kier alpha value is -3.62. The summed E-state index contributed by atoms with van der Waals surface area (Å²) in [5.41, 5.74) is 2.31. The summed E-state index contributed by atoms with van der Waals surface area (Å²) in [6, 6.07) is 19.3. The van der Waals surface area contributed by atoms with E-state index in [2.05, 4.69) is 10.2 Å². The number of carbonyl (C=O) groups is 1. The SMILES string of the molecule is COc1cc(C(=O)NCC(c2ccc(F)cc2)N2CCOCC2)cc(OC)c1OCc1ccccc1. The Bertz CT molecular complexity index is 1110. The first-order valence-corrected chi connectivity index (χ1v) is 11.9. The van der Waals surface area contributed by atoms with Crippen molar-refractivity contribution in [3.63, 3.8) is 0 Å². The number of morpholine rings is 1. The van der Waals surface area contributed by atoms with Gasteiger partial charge in [-0.2, -0.15) is 0 Å². The molecular weight excluding hydrogens is 463 g/mol. The molecule has 3 aromatic rings. The van der Waals surface area contributed by atoms with Crippen LogP contribution in [0.2, 0.25) is 0 Å². The predicted octanol–water partition coefficient (Wildman–Crippen LogP) is 4.23. The highest BCUT2D eigenvalue weighted by atomic mass is 19.1. The summed E-state index contributed by atoms with van der Waals surface area (Å²) in [4.78, 5) is 15.4. The Morgan fingerprint density at radius 1 is 1.00 bits per heavy atom.